The molecule has 2 aliphatic carbocycles. The van der Waals surface area contributed by atoms with Gasteiger partial charge in [0.2, 0.25) is 0 Å². The van der Waals surface area contributed by atoms with Crippen LogP contribution in [0.1, 0.15) is 102 Å². The summed E-state index contributed by atoms with van der Waals surface area (Å²) in [4.78, 5) is 37.6. The minimum Gasteiger partial charge on any atom is -0.588 e. The summed E-state index contributed by atoms with van der Waals surface area (Å²) in [6.07, 6.45) is 12.9. The number of nitrogens with zero attached hydrogens (tertiary/aromatic N) is 4. The normalized spacial score (nSPS) is 24.2. The molecule has 0 radical (unpaired) electrons. The number of fused-ring (bicyclic) bond motifs is 1. The first-order chi connectivity index (χ1) is 28.1. The van der Waals surface area contributed by atoms with E-state index in [1.807, 2.05) is 17.9 Å². The van der Waals surface area contributed by atoms with E-state index in [-0.39, 0.29) is 44.3 Å². The molecule has 2 saturated heterocycles. The number of carbonyl (C=O) groups excluding carboxylic acids is 1. The second kappa shape index (κ2) is 16.2. The van der Waals surface area contributed by atoms with Crippen LogP contribution >= 0.6 is 0 Å². The van der Waals surface area contributed by atoms with Crippen LogP contribution in [0.15, 0.2) is 59.8 Å². The Bertz CT molecular complexity index is 2180. The summed E-state index contributed by atoms with van der Waals surface area (Å²) in [5, 5.41) is 26.3. The first kappa shape index (κ1) is 41.3. The molecular formula is C44H56FN7O6S. The smallest absolute Gasteiger partial charge is 0.297 e. The van der Waals surface area contributed by atoms with E-state index in [2.05, 4.69) is 45.7 Å². The lowest BCUT2D eigenvalue weighted by atomic mass is 9.59. The Hall–Kier alpha value is -4.44. The number of likely N-dealkylation sites (tertiary alicyclic amines) is 1. The number of amides is 1. The van der Waals surface area contributed by atoms with E-state index in [0.717, 1.165) is 37.1 Å². The lowest BCUT2D eigenvalue weighted by molar-refractivity contribution is -0.384. The van der Waals surface area contributed by atoms with Crippen molar-refractivity contribution < 1.29 is 28.5 Å². The first-order valence-corrected chi connectivity index (χ1v) is 22.1. The van der Waals surface area contributed by atoms with Gasteiger partial charge in [0.1, 0.15) is 40.0 Å². The third kappa shape index (κ3) is 8.89. The Morgan fingerprint density at radius 3 is 2.54 bits per heavy atom. The molecule has 13 nitrogen and oxygen atoms in total. The summed E-state index contributed by atoms with van der Waals surface area (Å²) in [6, 6.07) is 11.6. The van der Waals surface area contributed by atoms with Crippen LogP contribution in [-0.4, -0.2) is 79.2 Å². The molecule has 4 aliphatic rings. The van der Waals surface area contributed by atoms with Crippen molar-refractivity contribution in [2.45, 2.75) is 114 Å². The third-order valence-electron chi connectivity index (χ3n) is 13.5. The van der Waals surface area contributed by atoms with E-state index in [1.54, 1.807) is 12.3 Å². The van der Waals surface area contributed by atoms with Gasteiger partial charge in [-0.05, 0) is 125 Å². The Morgan fingerprint density at radius 2 is 1.83 bits per heavy atom. The Balaban J connectivity index is 0.978. The van der Waals surface area contributed by atoms with Gasteiger partial charge in [0.25, 0.3) is 11.6 Å². The predicted octanol–water partition coefficient (Wildman–Crippen LogP) is 8.47. The number of benzene rings is 2. The summed E-state index contributed by atoms with van der Waals surface area (Å²) < 4.78 is 38.5. The number of aromatic amines is 1. The third-order valence-corrected chi connectivity index (χ3v) is 14.5. The highest BCUT2D eigenvalue weighted by atomic mass is 32.2. The summed E-state index contributed by atoms with van der Waals surface area (Å²) in [5.41, 5.74) is 0.605. The SMILES string of the molecule is CC(C)(C)C1CCCN1C1CC2(CCN(c3cc(Oc4cnc5[nH]ccc5c4)c(C(=O)N[S+]([O-])c4ccc(NC[C@H]5CC[C@](C)(O)CC5)c([N+](=O)[O-])c4)cc3F)CC2)C1. The number of anilines is 2. The molecule has 8 rings (SSSR count). The van der Waals surface area contributed by atoms with Gasteiger partial charge < -0.3 is 29.6 Å². The second-order valence-electron chi connectivity index (χ2n) is 18.8. The van der Waals surface area contributed by atoms with Crippen LogP contribution in [0.4, 0.5) is 21.5 Å². The highest BCUT2D eigenvalue weighted by Crippen LogP contribution is 2.54. The van der Waals surface area contributed by atoms with Crippen molar-refractivity contribution in [3.05, 3.63) is 76.4 Å². The highest BCUT2D eigenvalue weighted by molar-refractivity contribution is 7.90. The lowest BCUT2D eigenvalue weighted by Gasteiger charge is -2.57. The van der Waals surface area contributed by atoms with Crippen LogP contribution in [0.5, 0.6) is 11.5 Å². The van der Waals surface area contributed by atoms with Crippen molar-refractivity contribution >= 4 is 45.4 Å². The average Bonchev–Trinajstić information content (AvgIpc) is 3.87. The topological polar surface area (TPSA) is 172 Å². The van der Waals surface area contributed by atoms with E-state index < -0.39 is 33.6 Å². The summed E-state index contributed by atoms with van der Waals surface area (Å²) in [7, 11) is 0. The zero-order valence-corrected chi connectivity index (χ0v) is 35.2. The zero-order chi connectivity index (χ0) is 41.7. The number of halogens is 1. The highest BCUT2D eigenvalue weighted by Gasteiger charge is 2.51. The molecule has 4 fully saturated rings. The standard InChI is InChI=1S/C44H56FN7O6S/c1-42(2,3)39-6-5-17-51(39)30-24-44(25-30)14-18-50(19-15-44)36-23-38(58-31-20-29-11-16-46-40(29)48-27-31)33(22-34(36)45)41(53)49-59(57)32-7-8-35(37(21-32)52(55)56)47-26-28-9-12-43(4,54)13-10-28/h7-8,11,16,20-23,27-28,30,39,47,54H,5-6,9-10,12-15,17-19,24-26H2,1-4H3,(H,46,48)(H,49,53)/t28-,39?,43-,59?. The molecular weight excluding hydrogens is 774 g/mol. The van der Waals surface area contributed by atoms with Gasteiger partial charge in [0.05, 0.1) is 34.0 Å². The average molecular weight is 830 g/mol. The molecule has 4 heterocycles. The van der Waals surface area contributed by atoms with Crippen LogP contribution in [0.2, 0.25) is 0 Å². The molecule has 4 aromatic rings. The number of ether oxygens (including phenoxy) is 1. The van der Waals surface area contributed by atoms with E-state index in [4.69, 9.17) is 4.74 Å². The van der Waals surface area contributed by atoms with Crippen molar-refractivity contribution in [1.29, 1.82) is 0 Å². The molecule has 2 aliphatic heterocycles. The number of aromatic nitrogens is 2. The minimum absolute atomic E-state index is 0.00474. The van der Waals surface area contributed by atoms with Crippen LogP contribution in [0.25, 0.3) is 11.0 Å². The van der Waals surface area contributed by atoms with Gasteiger partial charge in [-0.1, -0.05) is 20.8 Å². The van der Waals surface area contributed by atoms with E-state index >= 15 is 4.39 Å². The molecule has 2 saturated carbocycles. The predicted molar refractivity (Wildman–Crippen MR) is 227 cm³/mol. The molecule has 2 atom stereocenters. The van der Waals surface area contributed by atoms with E-state index in [1.165, 1.54) is 62.7 Å². The van der Waals surface area contributed by atoms with Crippen molar-refractivity contribution in [3.63, 3.8) is 0 Å². The summed E-state index contributed by atoms with van der Waals surface area (Å²) >= 11 is -2.23. The lowest BCUT2D eigenvalue weighted by Crippen LogP contribution is -2.57. The van der Waals surface area contributed by atoms with Crippen LogP contribution in [0.3, 0.4) is 0 Å². The molecule has 2 aromatic carbocycles. The summed E-state index contributed by atoms with van der Waals surface area (Å²) in [6.45, 7) is 11.9. The maximum atomic E-state index is 16.2. The first-order valence-electron chi connectivity index (χ1n) is 21.0. The maximum Gasteiger partial charge on any atom is 0.297 e. The monoisotopic (exact) mass is 829 g/mol. The molecule has 0 bridgehead atoms. The Kier molecular flexibility index (Phi) is 11.3. The quantitative estimate of drug-likeness (QED) is 0.0653. The molecule has 4 N–H and O–H groups in total. The number of piperidine rings is 1. The molecule has 1 amide bonds. The number of aliphatic hydroxyl groups is 1. The van der Waals surface area contributed by atoms with Gasteiger partial charge in [-0.2, -0.15) is 4.72 Å². The fourth-order valence-corrected chi connectivity index (χ4v) is 10.8. The number of nitrogens with one attached hydrogen (secondary N) is 3. The van der Waals surface area contributed by atoms with Crippen molar-refractivity contribution in [3.8, 4) is 11.5 Å². The van der Waals surface area contributed by atoms with Crippen LogP contribution in [-0.2, 0) is 11.4 Å². The molecule has 2 unspecified atom stereocenters. The van der Waals surface area contributed by atoms with Gasteiger partial charge in [-0.15, -0.1) is 0 Å². The molecule has 1 spiro atoms. The van der Waals surface area contributed by atoms with E-state index in [0.29, 0.717) is 61.6 Å². The van der Waals surface area contributed by atoms with Crippen molar-refractivity contribution in [1.82, 2.24) is 19.6 Å². The molecule has 15 heteroatoms. The van der Waals surface area contributed by atoms with Crippen LogP contribution < -0.4 is 19.7 Å². The summed E-state index contributed by atoms with van der Waals surface area (Å²) in [5.74, 6) is -0.835. The number of nitro groups is 1. The van der Waals surface area contributed by atoms with Gasteiger partial charge in [0.15, 0.2) is 4.90 Å². The number of nitro benzene ring substituents is 1. The molecule has 59 heavy (non-hydrogen) atoms. The fraction of sp³-hybridized carbons (Fsp3) is 0.545. The zero-order valence-electron chi connectivity index (χ0n) is 34.4. The van der Waals surface area contributed by atoms with Gasteiger partial charge in [-0.25, -0.2) is 9.37 Å². The van der Waals surface area contributed by atoms with Gasteiger partial charge >= 0.3 is 0 Å². The number of pyridine rings is 1. The second-order valence-corrected chi connectivity index (χ2v) is 20.0. The number of carbonyl (C=O) groups is 1. The van der Waals surface area contributed by atoms with E-state index in [9.17, 15) is 24.6 Å². The van der Waals surface area contributed by atoms with Gasteiger partial charge in [-0.3, -0.25) is 19.8 Å². The number of hydrogen-bond donors (Lipinski definition) is 4. The van der Waals surface area contributed by atoms with Crippen LogP contribution in [0, 0.1) is 32.7 Å². The largest absolute Gasteiger partial charge is 0.588 e. The number of rotatable bonds is 11. The molecule has 2 aromatic heterocycles. The van der Waals surface area contributed by atoms with Crippen molar-refractivity contribution in [2.24, 2.45) is 16.7 Å². The minimum atomic E-state index is -2.23. The number of hydrogen-bond acceptors (Lipinski definition) is 10. The maximum absolute atomic E-state index is 16.2. The molecule has 316 valence electrons. The van der Waals surface area contributed by atoms with Crippen molar-refractivity contribution in [2.75, 3.05) is 36.4 Å². The Labute approximate surface area is 347 Å². The number of H-pyrrole nitrogens is 1. The van der Waals surface area contributed by atoms with Gasteiger partial charge in [0, 0.05) is 49.4 Å². The Morgan fingerprint density at radius 1 is 1.08 bits per heavy atom. The fourth-order valence-electron chi connectivity index (χ4n) is 9.99.